The van der Waals surface area contributed by atoms with E-state index >= 15 is 0 Å². The summed E-state index contributed by atoms with van der Waals surface area (Å²) < 4.78 is 0. The average molecular weight is 100 g/mol. The van der Waals surface area contributed by atoms with Crippen LogP contribution in [0.5, 0.6) is 0 Å². The molecule has 0 aromatic rings. The zero-order valence-electron chi connectivity index (χ0n) is 3.55. The number of hydrogen-bond donors (Lipinski definition) is 1. The lowest BCUT2D eigenvalue weighted by Gasteiger charge is -1.78. The number of rotatable bonds is 3. The van der Waals surface area contributed by atoms with Crippen molar-refractivity contribution < 1.29 is 14.7 Å². The van der Waals surface area contributed by atoms with E-state index < -0.39 is 5.97 Å². The molecule has 0 aromatic heterocycles. The second-order valence-corrected chi connectivity index (χ2v) is 0.891. The molecular weight excluding hydrogens is 96.0 g/mol. The van der Waals surface area contributed by atoms with Gasteiger partial charge in [0, 0.05) is 6.42 Å². The summed E-state index contributed by atoms with van der Waals surface area (Å²) in [6.45, 7) is 0. The summed E-state index contributed by atoms with van der Waals surface area (Å²) in [6, 6.07) is 0. The van der Waals surface area contributed by atoms with Gasteiger partial charge in [0.1, 0.15) is 0 Å². The normalized spacial score (nSPS) is 8.00. The molecule has 0 aliphatic rings. The zero-order valence-corrected chi connectivity index (χ0v) is 3.55. The zero-order chi connectivity index (χ0) is 5.70. The van der Waals surface area contributed by atoms with Gasteiger partial charge < -0.3 is 5.11 Å². The molecule has 0 amide bonds. The van der Waals surface area contributed by atoms with Crippen LogP contribution in [0.2, 0.25) is 0 Å². The Labute approximate surface area is 41.0 Å². The van der Waals surface area contributed by atoms with E-state index in [-0.39, 0.29) is 6.42 Å². The summed E-state index contributed by atoms with van der Waals surface area (Å²) in [6.07, 6.45) is 2.12. The summed E-state index contributed by atoms with van der Waals surface area (Å²) in [5, 5.41) is 7.81. The van der Waals surface area contributed by atoms with E-state index in [1.807, 2.05) is 0 Å². The number of carboxylic acid groups (broad SMARTS) is 1. The first-order chi connectivity index (χ1) is 3.27. The summed E-state index contributed by atoms with van der Waals surface area (Å²) in [4.78, 5) is 18.8. The van der Waals surface area contributed by atoms with Crippen LogP contribution in [0.4, 0.5) is 0 Å². The Bertz CT molecular complexity index is 77.0. The van der Waals surface area contributed by atoms with Gasteiger partial charge >= 0.3 is 5.97 Å². The van der Waals surface area contributed by atoms with Crippen LogP contribution in [0.15, 0.2) is 0 Å². The van der Waals surface area contributed by atoms with Crippen LogP contribution in [0.3, 0.4) is 0 Å². The molecule has 3 heteroatoms. The first-order valence-corrected chi connectivity index (χ1v) is 1.68. The molecule has 0 atom stereocenters. The van der Waals surface area contributed by atoms with Gasteiger partial charge in [-0.3, -0.25) is 9.59 Å². The first kappa shape index (κ1) is 6.14. The number of carboxylic acids is 1. The predicted molar refractivity (Wildman–Crippen MR) is 22.2 cm³/mol. The van der Waals surface area contributed by atoms with Crippen LogP contribution >= 0.6 is 0 Å². The Morgan fingerprint density at radius 2 is 2.43 bits per heavy atom. The van der Waals surface area contributed by atoms with Gasteiger partial charge in [-0.1, -0.05) is 0 Å². The van der Waals surface area contributed by atoms with E-state index in [1.54, 1.807) is 0 Å². The lowest BCUT2D eigenvalue weighted by atomic mass is 10.3. The second kappa shape index (κ2) is 3.33. The lowest BCUT2D eigenvalue weighted by Crippen LogP contribution is -1.94. The van der Waals surface area contributed by atoms with E-state index in [0.717, 1.165) is 6.42 Å². The van der Waals surface area contributed by atoms with Crippen molar-refractivity contribution in [1.82, 2.24) is 0 Å². The molecule has 0 rings (SSSR count). The molecule has 0 heterocycles. The van der Waals surface area contributed by atoms with Gasteiger partial charge in [-0.05, 0) is 0 Å². The Morgan fingerprint density at radius 1 is 1.86 bits per heavy atom. The van der Waals surface area contributed by atoms with Crippen molar-refractivity contribution in [2.45, 2.75) is 6.42 Å². The van der Waals surface area contributed by atoms with E-state index in [9.17, 15) is 9.59 Å². The quantitative estimate of drug-likeness (QED) is 0.533. The van der Waals surface area contributed by atoms with Crippen molar-refractivity contribution in [2.24, 2.45) is 0 Å². The molecule has 0 aliphatic carbocycles. The van der Waals surface area contributed by atoms with Crippen LogP contribution in [0.1, 0.15) is 6.42 Å². The molecule has 7 heavy (non-hydrogen) atoms. The number of aliphatic carboxylic acids is 1. The maximum Gasteiger partial charge on any atom is 0.307 e. The first-order valence-electron chi connectivity index (χ1n) is 1.68. The summed E-state index contributed by atoms with van der Waals surface area (Å²) in [7, 11) is 0. The van der Waals surface area contributed by atoms with Crippen molar-refractivity contribution in [1.29, 1.82) is 0 Å². The van der Waals surface area contributed by atoms with E-state index in [2.05, 4.69) is 0 Å². The van der Waals surface area contributed by atoms with Crippen molar-refractivity contribution in [2.75, 3.05) is 0 Å². The maximum atomic E-state index is 9.52. The van der Waals surface area contributed by atoms with Gasteiger partial charge in [-0.15, -0.1) is 0 Å². The minimum absolute atomic E-state index is 0.130. The number of carbonyl (C=O) groups is 1. The Kier molecular flexibility index (Phi) is 2.92. The molecule has 0 fully saturated rings. The molecule has 38 valence electrons. The van der Waals surface area contributed by atoms with Gasteiger partial charge in [-0.25, -0.2) is 0 Å². The van der Waals surface area contributed by atoms with Gasteiger partial charge in [0.25, 0.3) is 0 Å². The topological polar surface area (TPSA) is 54.4 Å². The molecule has 0 spiro atoms. The van der Waals surface area contributed by atoms with Crippen molar-refractivity contribution in [3.63, 3.8) is 0 Å². The fraction of sp³-hybridized carbons (Fsp3) is 0.250. The van der Waals surface area contributed by atoms with Crippen molar-refractivity contribution in [3.05, 3.63) is 6.42 Å². The van der Waals surface area contributed by atoms with Crippen molar-refractivity contribution >= 4 is 12.3 Å². The Morgan fingerprint density at radius 3 is 2.57 bits per heavy atom. The maximum absolute atomic E-state index is 9.52. The van der Waals surface area contributed by atoms with Crippen LogP contribution in [-0.4, -0.2) is 17.4 Å². The molecule has 0 bridgehead atoms. The molecule has 0 saturated carbocycles. The van der Waals surface area contributed by atoms with Gasteiger partial charge in [-0.2, -0.15) is 0 Å². The number of hydrogen-bond acceptors (Lipinski definition) is 2. The van der Waals surface area contributed by atoms with Crippen LogP contribution < -0.4 is 0 Å². The van der Waals surface area contributed by atoms with Crippen LogP contribution in [0.25, 0.3) is 0 Å². The molecular formula is C4H4O3. The predicted octanol–water partition coefficient (Wildman–Crippen LogP) is -0.225. The highest BCUT2D eigenvalue weighted by Gasteiger charge is 1.93. The molecule has 0 unspecified atom stereocenters. The fourth-order valence-electron chi connectivity index (χ4n) is 0.129. The van der Waals surface area contributed by atoms with Gasteiger partial charge in [0.15, 0.2) is 6.29 Å². The Balaban J connectivity index is 2.97. The summed E-state index contributed by atoms with van der Waals surface area (Å²) in [5.74, 6) is -1.08. The Hall–Kier alpha value is -0.860. The third kappa shape index (κ3) is 5.14. The van der Waals surface area contributed by atoms with Gasteiger partial charge in [0.05, 0.1) is 6.42 Å². The van der Waals surface area contributed by atoms with Crippen molar-refractivity contribution in [3.8, 4) is 0 Å². The third-order valence-corrected chi connectivity index (χ3v) is 0.360. The third-order valence-electron chi connectivity index (χ3n) is 0.360. The standard InChI is InChI=1S/C4H4O3/c5-3-1-2-4(6)7/h2H,1H2,(H,6,7). The highest BCUT2D eigenvalue weighted by Crippen LogP contribution is 1.78. The summed E-state index contributed by atoms with van der Waals surface area (Å²) >= 11 is 0. The van der Waals surface area contributed by atoms with Crippen LogP contribution in [-0.2, 0) is 9.59 Å². The molecule has 2 radical (unpaired) electrons. The smallest absolute Gasteiger partial charge is 0.307 e. The highest BCUT2D eigenvalue weighted by molar-refractivity contribution is 5.79. The minimum atomic E-state index is -1.08. The molecule has 0 aliphatic heterocycles. The second-order valence-electron chi connectivity index (χ2n) is 0.891. The fourth-order valence-corrected chi connectivity index (χ4v) is 0.129. The molecule has 0 saturated heterocycles. The highest BCUT2D eigenvalue weighted by atomic mass is 16.4. The van der Waals surface area contributed by atoms with E-state index in [1.165, 1.54) is 6.29 Å². The summed E-state index contributed by atoms with van der Waals surface area (Å²) in [5.41, 5.74) is 0. The van der Waals surface area contributed by atoms with Gasteiger partial charge in [0.2, 0.25) is 0 Å². The van der Waals surface area contributed by atoms with Crippen LogP contribution in [0, 0.1) is 6.42 Å². The average Bonchev–Trinajstić information content (AvgIpc) is 1.61. The molecule has 0 aromatic carbocycles. The monoisotopic (exact) mass is 100 g/mol. The minimum Gasteiger partial charge on any atom is -0.481 e. The van der Waals surface area contributed by atoms with E-state index in [4.69, 9.17) is 5.11 Å². The lowest BCUT2D eigenvalue weighted by molar-refractivity contribution is -0.133. The molecule has 1 N–H and O–H groups in total. The number of carbonyl (C=O) groups excluding carboxylic acids is 1. The largest absolute Gasteiger partial charge is 0.481 e. The SMILES string of the molecule is O=[C]C[CH]C(=O)O. The van der Waals surface area contributed by atoms with E-state index in [0.29, 0.717) is 0 Å². The molecule has 3 nitrogen and oxygen atoms in total.